The number of benzene rings is 2. The summed E-state index contributed by atoms with van der Waals surface area (Å²) in [5.41, 5.74) is 0.610. The van der Waals surface area contributed by atoms with Crippen molar-refractivity contribution < 1.29 is 27.4 Å². The van der Waals surface area contributed by atoms with Gasteiger partial charge in [-0.1, -0.05) is 24.3 Å². The summed E-state index contributed by atoms with van der Waals surface area (Å²) in [5.74, 6) is 0.144. The van der Waals surface area contributed by atoms with Crippen LogP contribution in [0.1, 0.15) is 15.9 Å². The second-order valence-corrected chi connectivity index (χ2v) is 6.38. The van der Waals surface area contributed by atoms with Gasteiger partial charge in [0.2, 0.25) is 5.72 Å². The quantitative estimate of drug-likeness (QED) is 0.910. The maximum atomic E-state index is 12.2. The van der Waals surface area contributed by atoms with Gasteiger partial charge in [-0.05, 0) is 29.8 Å². The number of carbonyl (C=O) groups excluding carboxylic acids is 1. The molecule has 0 radical (unpaired) electrons. The van der Waals surface area contributed by atoms with Gasteiger partial charge in [-0.2, -0.15) is 0 Å². The number of nitrogens with zero attached hydrogens (tertiary/aromatic N) is 1. The van der Waals surface area contributed by atoms with Gasteiger partial charge in [-0.25, -0.2) is 0 Å². The van der Waals surface area contributed by atoms with Crippen molar-refractivity contribution >= 4 is 5.91 Å². The molecule has 1 N–H and O–H groups in total. The Balaban J connectivity index is 1.36. The van der Waals surface area contributed by atoms with Gasteiger partial charge in [0.1, 0.15) is 11.5 Å². The molecule has 1 fully saturated rings. The minimum absolute atomic E-state index is 0.167. The normalized spacial score (nSPS) is 18.5. The summed E-state index contributed by atoms with van der Waals surface area (Å²) < 4.78 is 46.3. The second kappa shape index (κ2) is 5.91. The molecule has 4 rings (SSSR count). The average molecular weight is 364 g/mol. The number of alkyl halides is 3. The molecular formula is C18H15F3N2O3. The molecule has 1 amide bonds. The predicted molar refractivity (Wildman–Crippen MR) is 85.7 cm³/mol. The molecule has 2 aliphatic rings. The van der Waals surface area contributed by atoms with Crippen molar-refractivity contribution in [1.29, 1.82) is 0 Å². The second-order valence-electron chi connectivity index (χ2n) is 6.38. The van der Waals surface area contributed by atoms with E-state index in [1.54, 1.807) is 30.3 Å². The molecule has 1 saturated heterocycles. The van der Waals surface area contributed by atoms with Gasteiger partial charge >= 0.3 is 6.36 Å². The molecule has 2 aromatic rings. The van der Waals surface area contributed by atoms with Crippen molar-refractivity contribution in [1.82, 2.24) is 10.2 Å². The third-order valence-corrected chi connectivity index (χ3v) is 4.30. The highest BCUT2D eigenvalue weighted by Gasteiger charge is 2.49. The third-order valence-electron chi connectivity index (χ3n) is 4.30. The summed E-state index contributed by atoms with van der Waals surface area (Å²) in [6.45, 7) is 1.52. The number of rotatable bonds is 3. The molecule has 0 aliphatic carbocycles. The zero-order valence-corrected chi connectivity index (χ0v) is 13.5. The summed E-state index contributed by atoms with van der Waals surface area (Å²) in [6, 6.07) is 12.8. The Bertz CT molecular complexity index is 830. The number of carbonyl (C=O) groups is 1. The fourth-order valence-electron chi connectivity index (χ4n) is 3.24. The van der Waals surface area contributed by atoms with Crippen LogP contribution >= 0.6 is 0 Å². The number of hydrogen-bond donors (Lipinski definition) is 1. The summed E-state index contributed by atoms with van der Waals surface area (Å²) in [5, 5.41) is 2.89. The molecule has 0 atom stereocenters. The number of likely N-dealkylation sites (tertiary alicyclic amines) is 1. The highest BCUT2D eigenvalue weighted by atomic mass is 19.4. The van der Waals surface area contributed by atoms with Crippen LogP contribution in [-0.4, -0.2) is 36.0 Å². The highest BCUT2D eigenvalue weighted by molar-refractivity contribution is 5.98. The Labute approximate surface area is 147 Å². The molecule has 136 valence electrons. The number of halogens is 3. The first kappa shape index (κ1) is 16.7. The molecule has 26 heavy (non-hydrogen) atoms. The molecule has 2 aliphatic heterocycles. The van der Waals surface area contributed by atoms with E-state index in [2.05, 4.69) is 10.1 Å². The first-order valence-electron chi connectivity index (χ1n) is 8.00. The third kappa shape index (κ3) is 3.32. The van der Waals surface area contributed by atoms with Crippen LogP contribution in [0.15, 0.2) is 48.5 Å². The van der Waals surface area contributed by atoms with E-state index in [1.807, 2.05) is 11.0 Å². The van der Waals surface area contributed by atoms with Crippen LogP contribution in [-0.2, 0) is 6.54 Å². The first-order valence-corrected chi connectivity index (χ1v) is 8.00. The summed E-state index contributed by atoms with van der Waals surface area (Å²) >= 11 is 0. The molecule has 5 nitrogen and oxygen atoms in total. The molecule has 0 aromatic heterocycles. The lowest BCUT2D eigenvalue weighted by atomic mass is 9.99. The number of nitrogens with one attached hydrogen (secondary N) is 1. The minimum Gasteiger partial charge on any atom is -0.464 e. The van der Waals surface area contributed by atoms with Crippen molar-refractivity contribution in [3.8, 4) is 11.5 Å². The van der Waals surface area contributed by atoms with Crippen LogP contribution in [0.3, 0.4) is 0 Å². The van der Waals surface area contributed by atoms with E-state index in [4.69, 9.17) is 4.74 Å². The lowest BCUT2D eigenvalue weighted by molar-refractivity contribution is -0.274. The molecule has 2 heterocycles. The van der Waals surface area contributed by atoms with Crippen LogP contribution in [0.25, 0.3) is 0 Å². The zero-order valence-electron chi connectivity index (χ0n) is 13.5. The predicted octanol–water partition coefficient (Wildman–Crippen LogP) is 2.92. The topological polar surface area (TPSA) is 50.8 Å². The maximum absolute atomic E-state index is 12.2. The Morgan fingerprint density at radius 3 is 2.50 bits per heavy atom. The molecule has 0 saturated carbocycles. The SMILES string of the molecule is O=C1NC2(CN(Cc3ccc(OC(F)(F)F)cc3)C2)Oc2ccccc21. The van der Waals surface area contributed by atoms with Gasteiger partial charge < -0.3 is 14.8 Å². The Hall–Kier alpha value is -2.74. The lowest BCUT2D eigenvalue weighted by Gasteiger charge is -2.51. The van der Waals surface area contributed by atoms with Gasteiger partial charge in [0.05, 0.1) is 18.7 Å². The van der Waals surface area contributed by atoms with Gasteiger partial charge in [0, 0.05) is 6.54 Å². The number of para-hydroxylation sites is 1. The van der Waals surface area contributed by atoms with E-state index >= 15 is 0 Å². The standard InChI is InChI=1S/C18H15F3N2O3/c19-18(20,21)25-13-7-5-12(6-8-13)9-23-10-17(11-23)22-16(24)14-3-1-2-4-15(14)26-17/h1-8H,9-11H2,(H,22,24). The zero-order chi connectivity index (χ0) is 18.4. The largest absolute Gasteiger partial charge is 0.573 e. The summed E-state index contributed by atoms with van der Waals surface area (Å²) in [4.78, 5) is 14.2. The summed E-state index contributed by atoms with van der Waals surface area (Å²) in [6.07, 6.45) is -4.70. The van der Waals surface area contributed by atoms with E-state index in [9.17, 15) is 18.0 Å². The fraction of sp³-hybridized carbons (Fsp3) is 0.278. The number of amides is 1. The van der Waals surface area contributed by atoms with E-state index in [1.165, 1.54) is 12.1 Å². The van der Waals surface area contributed by atoms with Crippen molar-refractivity contribution in [2.45, 2.75) is 18.6 Å². The number of ether oxygens (including phenoxy) is 2. The maximum Gasteiger partial charge on any atom is 0.573 e. The Morgan fingerprint density at radius 1 is 1.12 bits per heavy atom. The molecule has 8 heteroatoms. The van der Waals surface area contributed by atoms with Crippen molar-refractivity contribution in [3.63, 3.8) is 0 Å². The number of hydrogen-bond acceptors (Lipinski definition) is 4. The van der Waals surface area contributed by atoms with Gasteiger partial charge in [-0.3, -0.25) is 9.69 Å². The lowest BCUT2D eigenvalue weighted by Crippen LogP contribution is -2.74. The fourth-order valence-corrected chi connectivity index (χ4v) is 3.24. The smallest absolute Gasteiger partial charge is 0.464 e. The number of fused-ring (bicyclic) bond motifs is 1. The van der Waals surface area contributed by atoms with Gasteiger partial charge in [-0.15, -0.1) is 13.2 Å². The van der Waals surface area contributed by atoms with E-state index in [0.717, 1.165) is 5.56 Å². The monoisotopic (exact) mass is 364 g/mol. The van der Waals surface area contributed by atoms with Crippen LogP contribution in [0.4, 0.5) is 13.2 Å². The molecule has 0 unspecified atom stereocenters. The highest BCUT2D eigenvalue weighted by Crippen LogP contribution is 2.33. The van der Waals surface area contributed by atoms with E-state index in [0.29, 0.717) is 30.9 Å². The van der Waals surface area contributed by atoms with E-state index < -0.39 is 12.1 Å². The molecule has 0 bridgehead atoms. The average Bonchev–Trinajstić information content (AvgIpc) is 2.54. The first-order chi connectivity index (χ1) is 12.3. The minimum atomic E-state index is -4.70. The van der Waals surface area contributed by atoms with Gasteiger partial charge in [0.15, 0.2) is 0 Å². The Kier molecular flexibility index (Phi) is 3.80. The van der Waals surface area contributed by atoms with Crippen LogP contribution in [0.5, 0.6) is 11.5 Å². The van der Waals surface area contributed by atoms with Crippen LogP contribution in [0, 0.1) is 0 Å². The van der Waals surface area contributed by atoms with Crippen molar-refractivity contribution in [3.05, 3.63) is 59.7 Å². The molecule has 2 aromatic carbocycles. The van der Waals surface area contributed by atoms with Gasteiger partial charge in [0.25, 0.3) is 5.91 Å². The van der Waals surface area contributed by atoms with Crippen LogP contribution < -0.4 is 14.8 Å². The molecule has 1 spiro atoms. The Morgan fingerprint density at radius 2 is 1.81 bits per heavy atom. The van der Waals surface area contributed by atoms with E-state index in [-0.39, 0.29) is 11.7 Å². The van der Waals surface area contributed by atoms with Crippen molar-refractivity contribution in [2.24, 2.45) is 0 Å². The van der Waals surface area contributed by atoms with Crippen LogP contribution in [0.2, 0.25) is 0 Å². The van der Waals surface area contributed by atoms with Crippen molar-refractivity contribution in [2.75, 3.05) is 13.1 Å². The molecular weight excluding hydrogens is 349 g/mol. The summed E-state index contributed by atoms with van der Waals surface area (Å²) in [7, 11) is 0.